The Bertz CT molecular complexity index is 774. The third-order valence-corrected chi connectivity index (χ3v) is 3.77. The summed E-state index contributed by atoms with van der Waals surface area (Å²) in [5.74, 6) is -1.70. The van der Waals surface area contributed by atoms with E-state index in [1.165, 1.54) is 17.0 Å². The summed E-state index contributed by atoms with van der Waals surface area (Å²) in [7, 11) is 0. The van der Waals surface area contributed by atoms with E-state index in [1.807, 2.05) is 0 Å². The Morgan fingerprint density at radius 3 is 2.86 bits per heavy atom. The number of carbonyl (C=O) groups is 2. The highest BCUT2D eigenvalue weighted by molar-refractivity contribution is 6.31. The number of halogens is 2. The Kier molecular flexibility index (Phi) is 3.58. The highest BCUT2D eigenvalue weighted by Gasteiger charge is 2.30. The van der Waals surface area contributed by atoms with Crippen LogP contribution in [-0.4, -0.2) is 33.6 Å². The van der Waals surface area contributed by atoms with Gasteiger partial charge in [-0.05, 0) is 18.2 Å². The largest absolute Gasteiger partial charge is 0.476 e. The maximum Gasteiger partial charge on any atom is 0.358 e. The van der Waals surface area contributed by atoms with Crippen molar-refractivity contribution < 1.29 is 23.6 Å². The Labute approximate surface area is 129 Å². The molecule has 2 heterocycles. The fourth-order valence-corrected chi connectivity index (χ4v) is 2.54. The van der Waals surface area contributed by atoms with Crippen LogP contribution in [0.25, 0.3) is 0 Å². The molecule has 1 aliphatic heterocycles. The van der Waals surface area contributed by atoms with Gasteiger partial charge in [0.25, 0.3) is 5.91 Å². The average molecular weight is 325 g/mol. The second-order valence-electron chi connectivity index (χ2n) is 4.84. The van der Waals surface area contributed by atoms with Crippen molar-refractivity contribution in [3.8, 4) is 0 Å². The normalized spacial score (nSPS) is 13.8. The van der Waals surface area contributed by atoms with Gasteiger partial charge in [-0.2, -0.15) is 0 Å². The molecule has 3 rings (SSSR count). The molecule has 0 fully saturated rings. The first-order chi connectivity index (χ1) is 10.5. The van der Waals surface area contributed by atoms with E-state index in [9.17, 15) is 14.0 Å². The molecule has 0 spiro atoms. The Hall–Kier alpha value is -2.41. The van der Waals surface area contributed by atoms with Gasteiger partial charge in [0, 0.05) is 24.1 Å². The summed E-state index contributed by atoms with van der Waals surface area (Å²) in [6, 6.07) is 3.71. The number of carboxylic acid groups (broad SMARTS) is 1. The Balaban J connectivity index is 1.87. The third kappa shape index (κ3) is 2.43. The van der Waals surface area contributed by atoms with Crippen LogP contribution in [0.1, 0.15) is 32.2 Å². The number of aromatic carboxylic acids is 1. The first kappa shape index (κ1) is 14.5. The summed E-state index contributed by atoms with van der Waals surface area (Å²) >= 11 is 5.68. The summed E-state index contributed by atoms with van der Waals surface area (Å²) in [4.78, 5) is 25.0. The number of aromatic nitrogens is 1. The highest BCUT2D eigenvalue weighted by Crippen LogP contribution is 2.25. The number of nitrogens with zero attached hydrogens (tertiary/aromatic N) is 2. The fraction of sp³-hybridized carbons (Fsp3) is 0.214. The van der Waals surface area contributed by atoms with Gasteiger partial charge in [-0.15, -0.1) is 0 Å². The number of hydrogen-bond donors (Lipinski definition) is 1. The summed E-state index contributed by atoms with van der Waals surface area (Å²) in [6.45, 7) is 0.434. The monoisotopic (exact) mass is 324 g/mol. The molecule has 1 aliphatic rings. The number of carbonyl (C=O) groups excluding carboxylic acids is 1. The van der Waals surface area contributed by atoms with Gasteiger partial charge in [0.2, 0.25) is 0 Å². The first-order valence-corrected chi connectivity index (χ1v) is 6.80. The van der Waals surface area contributed by atoms with E-state index in [4.69, 9.17) is 21.2 Å². The van der Waals surface area contributed by atoms with Crippen molar-refractivity contribution in [3.63, 3.8) is 0 Å². The number of fused-ring (bicyclic) bond motifs is 1. The van der Waals surface area contributed by atoms with Crippen molar-refractivity contribution in [2.75, 3.05) is 6.54 Å². The predicted octanol–water partition coefficient (Wildman–Crippen LogP) is 2.36. The molecular weight excluding hydrogens is 315 g/mol. The van der Waals surface area contributed by atoms with Crippen LogP contribution >= 0.6 is 11.6 Å². The molecule has 22 heavy (non-hydrogen) atoms. The van der Waals surface area contributed by atoms with E-state index < -0.39 is 11.8 Å². The molecule has 1 aromatic heterocycles. The summed E-state index contributed by atoms with van der Waals surface area (Å²) < 4.78 is 18.1. The van der Waals surface area contributed by atoms with Crippen molar-refractivity contribution in [2.45, 2.75) is 13.0 Å². The van der Waals surface area contributed by atoms with Crippen LogP contribution in [0.3, 0.4) is 0 Å². The minimum atomic E-state index is -1.20. The Morgan fingerprint density at radius 1 is 1.41 bits per heavy atom. The van der Waals surface area contributed by atoms with E-state index in [1.54, 1.807) is 0 Å². The zero-order chi connectivity index (χ0) is 15.9. The van der Waals surface area contributed by atoms with Gasteiger partial charge < -0.3 is 14.5 Å². The zero-order valence-corrected chi connectivity index (χ0v) is 11.9. The number of carboxylic acids is 1. The van der Waals surface area contributed by atoms with E-state index in [2.05, 4.69) is 5.16 Å². The van der Waals surface area contributed by atoms with Gasteiger partial charge in [0.05, 0.1) is 11.6 Å². The quantitative estimate of drug-likeness (QED) is 0.916. The molecule has 6 nitrogen and oxygen atoms in total. The minimum absolute atomic E-state index is 0.0777. The van der Waals surface area contributed by atoms with E-state index in [0.717, 1.165) is 6.07 Å². The molecule has 1 N–H and O–H groups in total. The van der Waals surface area contributed by atoms with Crippen LogP contribution < -0.4 is 0 Å². The highest BCUT2D eigenvalue weighted by atomic mass is 35.5. The van der Waals surface area contributed by atoms with Crippen molar-refractivity contribution in [1.82, 2.24) is 10.1 Å². The van der Waals surface area contributed by atoms with Gasteiger partial charge >= 0.3 is 5.97 Å². The lowest BCUT2D eigenvalue weighted by Gasteiger charge is -2.26. The van der Waals surface area contributed by atoms with Crippen molar-refractivity contribution in [1.29, 1.82) is 0 Å². The van der Waals surface area contributed by atoms with E-state index in [0.29, 0.717) is 24.3 Å². The number of amides is 1. The molecule has 0 bridgehead atoms. The zero-order valence-electron chi connectivity index (χ0n) is 11.2. The van der Waals surface area contributed by atoms with E-state index >= 15 is 0 Å². The van der Waals surface area contributed by atoms with E-state index in [-0.39, 0.29) is 28.7 Å². The van der Waals surface area contributed by atoms with Crippen LogP contribution in [0.5, 0.6) is 0 Å². The first-order valence-electron chi connectivity index (χ1n) is 6.42. The van der Waals surface area contributed by atoms with Crippen LogP contribution in [-0.2, 0) is 13.0 Å². The topological polar surface area (TPSA) is 83.6 Å². The lowest BCUT2D eigenvalue weighted by atomic mass is 10.0. The third-order valence-electron chi connectivity index (χ3n) is 3.48. The van der Waals surface area contributed by atoms with Crippen LogP contribution in [0, 0.1) is 5.82 Å². The van der Waals surface area contributed by atoms with Gasteiger partial charge in [0.15, 0.2) is 5.69 Å². The standard InChI is InChI=1S/C14H10ClFN2O4/c15-9-5-7(1-2-10(9)16)13(19)18-4-3-11-8(6-18)12(14(20)21)17-22-11/h1-2,5H,3-4,6H2,(H,20,21). The molecule has 8 heteroatoms. The molecule has 0 unspecified atom stereocenters. The maximum absolute atomic E-state index is 13.2. The molecular formula is C14H10ClFN2O4. The average Bonchev–Trinajstić information content (AvgIpc) is 2.92. The maximum atomic E-state index is 13.2. The minimum Gasteiger partial charge on any atom is -0.476 e. The SMILES string of the molecule is O=C(O)c1noc2c1CN(C(=O)c1ccc(F)c(Cl)c1)CC2. The molecule has 114 valence electrons. The van der Waals surface area contributed by atoms with Gasteiger partial charge in [0.1, 0.15) is 11.6 Å². The molecule has 0 radical (unpaired) electrons. The molecule has 1 aromatic carbocycles. The lowest BCUT2D eigenvalue weighted by molar-refractivity contribution is 0.0673. The lowest BCUT2D eigenvalue weighted by Crippen LogP contribution is -2.36. The van der Waals surface area contributed by atoms with Crippen molar-refractivity contribution >= 4 is 23.5 Å². The number of hydrogen-bond acceptors (Lipinski definition) is 4. The summed E-state index contributed by atoms with van der Waals surface area (Å²) in [5, 5.41) is 12.4. The van der Waals surface area contributed by atoms with Crippen molar-refractivity contribution in [2.24, 2.45) is 0 Å². The molecule has 0 aliphatic carbocycles. The summed E-state index contributed by atoms with van der Waals surface area (Å²) in [5.41, 5.74) is 0.438. The Morgan fingerprint density at radius 2 is 2.18 bits per heavy atom. The molecule has 0 saturated heterocycles. The second-order valence-corrected chi connectivity index (χ2v) is 5.25. The summed E-state index contributed by atoms with van der Waals surface area (Å²) in [6.07, 6.45) is 0.371. The van der Waals surface area contributed by atoms with Gasteiger partial charge in [-0.25, -0.2) is 9.18 Å². The van der Waals surface area contributed by atoms with Gasteiger partial charge in [-0.3, -0.25) is 4.79 Å². The predicted molar refractivity (Wildman–Crippen MR) is 73.3 cm³/mol. The molecule has 0 atom stereocenters. The van der Waals surface area contributed by atoms with Crippen LogP contribution in [0.2, 0.25) is 5.02 Å². The number of benzene rings is 1. The second kappa shape index (κ2) is 5.42. The van der Waals surface area contributed by atoms with Crippen LogP contribution in [0.15, 0.2) is 22.7 Å². The van der Waals surface area contributed by atoms with Crippen molar-refractivity contribution in [3.05, 3.63) is 51.6 Å². The fourth-order valence-electron chi connectivity index (χ4n) is 2.36. The van der Waals surface area contributed by atoms with Gasteiger partial charge in [-0.1, -0.05) is 16.8 Å². The molecule has 2 aromatic rings. The smallest absolute Gasteiger partial charge is 0.358 e. The van der Waals surface area contributed by atoms with Crippen LogP contribution in [0.4, 0.5) is 4.39 Å². The molecule has 0 saturated carbocycles. The number of rotatable bonds is 2. The molecule has 1 amide bonds.